The van der Waals surface area contributed by atoms with E-state index < -0.39 is 0 Å². The molecular weight excluding hydrogens is 170 g/mol. The van der Waals surface area contributed by atoms with E-state index in [-0.39, 0.29) is 0 Å². The van der Waals surface area contributed by atoms with E-state index in [0.717, 1.165) is 18.4 Å². The van der Waals surface area contributed by atoms with E-state index in [1.54, 1.807) is 0 Å². The van der Waals surface area contributed by atoms with Crippen LogP contribution < -0.4 is 5.32 Å². The lowest BCUT2D eigenvalue weighted by molar-refractivity contribution is 0.469. The zero-order chi connectivity index (χ0) is 10.1. The zero-order valence-corrected chi connectivity index (χ0v) is 9.30. The zero-order valence-electron chi connectivity index (χ0n) is 9.30. The van der Waals surface area contributed by atoms with Crippen LogP contribution in [0.1, 0.15) is 37.3 Å². The van der Waals surface area contributed by atoms with Crippen molar-refractivity contribution >= 4 is 5.69 Å². The summed E-state index contributed by atoms with van der Waals surface area (Å²) in [5.74, 6) is 1.49. The van der Waals surface area contributed by atoms with Crippen molar-refractivity contribution in [2.45, 2.75) is 33.1 Å². The van der Waals surface area contributed by atoms with Gasteiger partial charge in [-0.2, -0.15) is 0 Å². The van der Waals surface area contributed by atoms with Crippen molar-refractivity contribution in [3.8, 4) is 0 Å². The van der Waals surface area contributed by atoms with E-state index in [9.17, 15) is 0 Å². The average molecular weight is 189 g/mol. The highest BCUT2D eigenvalue weighted by Gasteiger charge is 2.22. The first-order valence-corrected chi connectivity index (χ1v) is 5.53. The first kappa shape index (κ1) is 9.57. The van der Waals surface area contributed by atoms with Crippen molar-refractivity contribution in [2.24, 2.45) is 5.92 Å². The van der Waals surface area contributed by atoms with Crippen LogP contribution in [0.4, 0.5) is 5.69 Å². The van der Waals surface area contributed by atoms with Crippen LogP contribution in [0.2, 0.25) is 0 Å². The molecular formula is C13H19N. The molecule has 1 aliphatic heterocycles. The summed E-state index contributed by atoms with van der Waals surface area (Å²) in [6, 6.07) is 6.78. The number of anilines is 1. The molecule has 2 rings (SSSR count). The Balaban J connectivity index is 2.40. The molecule has 1 N–H and O–H groups in total. The van der Waals surface area contributed by atoms with Crippen LogP contribution in [0.25, 0.3) is 0 Å². The Kier molecular flexibility index (Phi) is 2.49. The van der Waals surface area contributed by atoms with Gasteiger partial charge in [-0.25, -0.2) is 0 Å². The second-order valence-corrected chi connectivity index (χ2v) is 4.66. The van der Waals surface area contributed by atoms with E-state index in [2.05, 4.69) is 44.3 Å². The molecule has 1 aromatic carbocycles. The topological polar surface area (TPSA) is 12.0 Å². The number of nitrogens with one attached hydrogen (secondary N) is 1. The van der Waals surface area contributed by atoms with Gasteiger partial charge in [0.15, 0.2) is 0 Å². The maximum Gasteiger partial charge on any atom is 0.0378 e. The average Bonchev–Trinajstić information content (AvgIpc) is 2.16. The molecule has 0 saturated heterocycles. The van der Waals surface area contributed by atoms with Crippen LogP contribution in [0.5, 0.6) is 0 Å². The fourth-order valence-corrected chi connectivity index (χ4v) is 2.36. The summed E-state index contributed by atoms with van der Waals surface area (Å²) in [6.07, 6.45) is 1.27. The van der Waals surface area contributed by atoms with Gasteiger partial charge in [-0.15, -0.1) is 0 Å². The Morgan fingerprint density at radius 2 is 2.14 bits per heavy atom. The van der Waals surface area contributed by atoms with E-state index >= 15 is 0 Å². The first-order valence-electron chi connectivity index (χ1n) is 5.53. The molecule has 1 heterocycles. The number of aryl methyl sites for hydroxylation is 1. The Labute approximate surface area is 86.5 Å². The van der Waals surface area contributed by atoms with Gasteiger partial charge in [-0.3, -0.25) is 0 Å². The summed E-state index contributed by atoms with van der Waals surface area (Å²) in [7, 11) is 0. The van der Waals surface area contributed by atoms with Crippen LogP contribution in [0.3, 0.4) is 0 Å². The molecule has 0 saturated carbocycles. The van der Waals surface area contributed by atoms with Gasteiger partial charge in [0.05, 0.1) is 0 Å². The summed E-state index contributed by atoms with van der Waals surface area (Å²) in [5, 5.41) is 3.49. The van der Waals surface area contributed by atoms with Gasteiger partial charge in [0.25, 0.3) is 0 Å². The minimum Gasteiger partial charge on any atom is -0.385 e. The predicted molar refractivity (Wildman–Crippen MR) is 61.9 cm³/mol. The largest absolute Gasteiger partial charge is 0.385 e. The minimum absolute atomic E-state index is 0.742. The summed E-state index contributed by atoms with van der Waals surface area (Å²) < 4.78 is 0. The van der Waals surface area contributed by atoms with Crippen molar-refractivity contribution in [3.63, 3.8) is 0 Å². The maximum atomic E-state index is 3.49. The Morgan fingerprint density at radius 3 is 2.86 bits per heavy atom. The fourth-order valence-electron chi connectivity index (χ4n) is 2.36. The molecule has 1 aromatic rings. The molecule has 1 aliphatic rings. The summed E-state index contributed by atoms with van der Waals surface area (Å²) in [4.78, 5) is 0. The smallest absolute Gasteiger partial charge is 0.0378 e. The Morgan fingerprint density at radius 1 is 1.36 bits per heavy atom. The predicted octanol–water partition coefficient (Wildman–Crippen LogP) is 3.55. The van der Waals surface area contributed by atoms with Gasteiger partial charge in [-0.05, 0) is 42.4 Å². The molecule has 0 amide bonds. The minimum atomic E-state index is 0.742. The third kappa shape index (κ3) is 1.63. The van der Waals surface area contributed by atoms with Crippen molar-refractivity contribution < 1.29 is 0 Å². The van der Waals surface area contributed by atoms with E-state index in [4.69, 9.17) is 0 Å². The molecule has 0 fully saturated rings. The van der Waals surface area contributed by atoms with Gasteiger partial charge < -0.3 is 5.32 Å². The highest BCUT2D eigenvalue weighted by Crippen LogP contribution is 2.36. The normalized spacial score (nSPS) is 20.4. The molecule has 1 heteroatoms. The lowest BCUT2D eigenvalue weighted by atomic mass is 9.82. The van der Waals surface area contributed by atoms with Crippen LogP contribution >= 0.6 is 0 Å². The van der Waals surface area contributed by atoms with Crippen molar-refractivity contribution in [2.75, 3.05) is 11.9 Å². The lowest BCUT2D eigenvalue weighted by Gasteiger charge is -2.29. The van der Waals surface area contributed by atoms with Gasteiger partial charge in [0, 0.05) is 12.2 Å². The molecule has 1 unspecified atom stereocenters. The highest BCUT2D eigenvalue weighted by atomic mass is 14.9. The quantitative estimate of drug-likeness (QED) is 0.712. The number of rotatable bonds is 1. The fraction of sp³-hybridized carbons (Fsp3) is 0.538. The second-order valence-electron chi connectivity index (χ2n) is 4.66. The summed E-state index contributed by atoms with van der Waals surface area (Å²) >= 11 is 0. The van der Waals surface area contributed by atoms with Crippen LogP contribution in [0.15, 0.2) is 18.2 Å². The van der Waals surface area contributed by atoms with Gasteiger partial charge in [0.1, 0.15) is 0 Å². The number of fused-ring (bicyclic) bond motifs is 1. The Hall–Kier alpha value is -0.980. The molecule has 0 aromatic heterocycles. The lowest BCUT2D eigenvalue weighted by Crippen LogP contribution is -2.20. The summed E-state index contributed by atoms with van der Waals surface area (Å²) in [6.45, 7) is 7.92. The van der Waals surface area contributed by atoms with Crippen molar-refractivity contribution in [3.05, 3.63) is 29.3 Å². The van der Waals surface area contributed by atoms with Gasteiger partial charge in [-0.1, -0.05) is 26.0 Å². The van der Waals surface area contributed by atoms with Crippen molar-refractivity contribution in [1.82, 2.24) is 0 Å². The third-order valence-corrected chi connectivity index (χ3v) is 3.18. The Bertz CT molecular complexity index is 328. The molecule has 0 bridgehead atoms. The molecule has 0 radical (unpaired) electrons. The molecule has 1 atom stereocenters. The summed E-state index contributed by atoms with van der Waals surface area (Å²) in [5.41, 5.74) is 4.22. The molecule has 1 nitrogen and oxygen atoms in total. The molecule has 0 aliphatic carbocycles. The van der Waals surface area contributed by atoms with Crippen molar-refractivity contribution in [1.29, 1.82) is 0 Å². The van der Waals surface area contributed by atoms with Crippen LogP contribution in [0, 0.1) is 12.8 Å². The molecule has 76 valence electrons. The number of hydrogen-bond acceptors (Lipinski definition) is 1. The molecule has 0 spiro atoms. The standard InChI is InChI=1S/C13H19N/c1-9(2)11-6-7-14-13-8-10(3)4-5-12(11)13/h4-5,8-9,11,14H,6-7H2,1-3H3. The number of hydrogen-bond donors (Lipinski definition) is 1. The maximum absolute atomic E-state index is 3.49. The van der Waals surface area contributed by atoms with E-state index in [1.165, 1.54) is 23.2 Å². The second kappa shape index (κ2) is 3.64. The van der Waals surface area contributed by atoms with E-state index in [1.807, 2.05) is 0 Å². The first-order chi connectivity index (χ1) is 6.68. The van der Waals surface area contributed by atoms with Crippen LogP contribution in [-0.4, -0.2) is 6.54 Å². The van der Waals surface area contributed by atoms with Crippen LogP contribution in [-0.2, 0) is 0 Å². The van der Waals surface area contributed by atoms with Gasteiger partial charge in [0.2, 0.25) is 0 Å². The number of benzene rings is 1. The monoisotopic (exact) mass is 189 g/mol. The highest BCUT2D eigenvalue weighted by molar-refractivity contribution is 5.56. The SMILES string of the molecule is Cc1ccc2c(c1)NCCC2C(C)C. The third-order valence-electron chi connectivity index (χ3n) is 3.18. The van der Waals surface area contributed by atoms with E-state index in [0.29, 0.717) is 0 Å². The molecule has 14 heavy (non-hydrogen) atoms. The van der Waals surface area contributed by atoms with Gasteiger partial charge >= 0.3 is 0 Å².